The van der Waals surface area contributed by atoms with Gasteiger partial charge in [0.2, 0.25) is 0 Å². The first-order chi connectivity index (χ1) is 9.93. The summed E-state index contributed by atoms with van der Waals surface area (Å²) >= 11 is 12.0. The van der Waals surface area contributed by atoms with E-state index in [1.54, 1.807) is 18.2 Å². The van der Waals surface area contributed by atoms with E-state index in [4.69, 9.17) is 28.3 Å². The Morgan fingerprint density at radius 3 is 2.33 bits per heavy atom. The first-order valence-electron chi connectivity index (χ1n) is 5.85. The number of rotatable bonds is 3. The van der Waals surface area contributed by atoms with Crippen molar-refractivity contribution in [1.29, 1.82) is 0 Å². The van der Waals surface area contributed by atoms with Crippen molar-refractivity contribution >= 4 is 35.1 Å². The minimum atomic E-state index is -1.14. The minimum absolute atomic E-state index is 0.0336. The number of esters is 1. The van der Waals surface area contributed by atoms with Crippen LogP contribution in [-0.2, 0) is 4.74 Å². The molecule has 0 unspecified atom stereocenters. The molecule has 0 fully saturated rings. The third-order valence-corrected chi connectivity index (χ3v) is 3.55. The molecule has 0 aliphatic carbocycles. The van der Waals surface area contributed by atoms with Crippen LogP contribution in [0.4, 0.5) is 0 Å². The smallest absolute Gasteiger partial charge is 0.337 e. The van der Waals surface area contributed by atoms with E-state index in [1.807, 2.05) is 0 Å². The van der Waals surface area contributed by atoms with Crippen molar-refractivity contribution in [1.82, 2.24) is 0 Å². The van der Waals surface area contributed by atoms with Gasteiger partial charge in [-0.15, -0.1) is 0 Å². The first kappa shape index (κ1) is 15.4. The highest BCUT2D eigenvalue weighted by molar-refractivity contribution is 6.34. The molecule has 0 atom stereocenters. The summed E-state index contributed by atoms with van der Waals surface area (Å²) in [6.07, 6.45) is 0. The van der Waals surface area contributed by atoms with Crippen LogP contribution in [0.25, 0.3) is 11.1 Å². The Hall–Kier alpha value is -2.04. The van der Waals surface area contributed by atoms with Crippen LogP contribution in [0.5, 0.6) is 0 Å². The fourth-order valence-electron chi connectivity index (χ4n) is 1.85. The van der Waals surface area contributed by atoms with Gasteiger partial charge in [-0.3, -0.25) is 0 Å². The van der Waals surface area contributed by atoms with E-state index in [0.717, 1.165) is 0 Å². The van der Waals surface area contributed by atoms with E-state index in [9.17, 15) is 9.59 Å². The van der Waals surface area contributed by atoms with Crippen molar-refractivity contribution in [3.8, 4) is 11.1 Å². The highest BCUT2D eigenvalue weighted by Crippen LogP contribution is 2.31. The van der Waals surface area contributed by atoms with Gasteiger partial charge in [-0.25, -0.2) is 9.59 Å². The Morgan fingerprint density at radius 2 is 1.71 bits per heavy atom. The van der Waals surface area contributed by atoms with Gasteiger partial charge in [-0.05, 0) is 35.9 Å². The summed E-state index contributed by atoms with van der Waals surface area (Å²) in [7, 11) is 1.28. The van der Waals surface area contributed by atoms with Gasteiger partial charge in [0.05, 0.1) is 23.3 Å². The Morgan fingerprint density at radius 1 is 1.05 bits per heavy atom. The molecule has 2 aromatic carbocycles. The number of methoxy groups -OCH3 is 1. The zero-order valence-corrected chi connectivity index (χ0v) is 12.4. The van der Waals surface area contributed by atoms with Crippen LogP contribution < -0.4 is 0 Å². The van der Waals surface area contributed by atoms with E-state index in [1.165, 1.54) is 25.3 Å². The molecule has 0 aromatic heterocycles. The highest BCUT2D eigenvalue weighted by Gasteiger charge is 2.14. The van der Waals surface area contributed by atoms with Gasteiger partial charge in [-0.2, -0.15) is 0 Å². The summed E-state index contributed by atoms with van der Waals surface area (Å²) in [6.45, 7) is 0. The number of carboxylic acids is 1. The standard InChI is InChI=1S/C15H10Cl2O4/c1-21-15(20)9-3-5-12(16)10(7-9)8-2-4-13(17)11(6-8)14(18)19/h2-7H,1H3,(H,18,19). The van der Waals surface area contributed by atoms with Crippen molar-refractivity contribution in [2.24, 2.45) is 0 Å². The monoisotopic (exact) mass is 324 g/mol. The molecular formula is C15H10Cl2O4. The molecule has 0 aliphatic rings. The van der Waals surface area contributed by atoms with E-state index >= 15 is 0 Å². The topological polar surface area (TPSA) is 63.6 Å². The molecule has 0 saturated carbocycles. The van der Waals surface area contributed by atoms with Crippen LogP contribution in [-0.4, -0.2) is 24.2 Å². The molecule has 2 aromatic rings. The summed E-state index contributed by atoms with van der Waals surface area (Å²) in [5.41, 5.74) is 1.36. The zero-order valence-electron chi connectivity index (χ0n) is 10.9. The van der Waals surface area contributed by atoms with Crippen molar-refractivity contribution in [2.45, 2.75) is 0 Å². The van der Waals surface area contributed by atoms with Gasteiger partial charge in [0.1, 0.15) is 0 Å². The van der Waals surface area contributed by atoms with Crippen molar-refractivity contribution in [3.05, 3.63) is 57.6 Å². The van der Waals surface area contributed by atoms with E-state index in [-0.39, 0.29) is 10.6 Å². The minimum Gasteiger partial charge on any atom is -0.478 e. The third kappa shape index (κ3) is 3.17. The number of carbonyl (C=O) groups excluding carboxylic acids is 1. The molecule has 0 radical (unpaired) electrons. The largest absolute Gasteiger partial charge is 0.478 e. The normalized spacial score (nSPS) is 10.2. The molecular weight excluding hydrogens is 315 g/mol. The van der Waals surface area contributed by atoms with Gasteiger partial charge < -0.3 is 9.84 Å². The number of hydrogen-bond acceptors (Lipinski definition) is 3. The predicted molar refractivity (Wildman–Crippen MR) is 80.2 cm³/mol. The Balaban J connectivity index is 2.58. The van der Waals surface area contributed by atoms with Gasteiger partial charge in [0.15, 0.2) is 0 Å². The third-order valence-electron chi connectivity index (χ3n) is 2.90. The molecule has 21 heavy (non-hydrogen) atoms. The van der Waals surface area contributed by atoms with E-state index < -0.39 is 11.9 Å². The molecule has 0 spiro atoms. The Kier molecular flexibility index (Phi) is 4.50. The number of halogens is 2. The summed E-state index contributed by atoms with van der Waals surface area (Å²) in [5.74, 6) is -1.64. The molecule has 0 heterocycles. The fraction of sp³-hybridized carbons (Fsp3) is 0.0667. The molecule has 1 N–H and O–H groups in total. The van der Waals surface area contributed by atoms with Crippen LogP contribution >= 0.6 is 23.2 Å². The maximum atomic E-state index is 11.6. The Labute approximate surface area is 130 Å². The van der Waals surface area contributed by atoms with E-state index in [0.29, 0.717) is 21.7 Å². The maximum Gasteiger partial charge on any atom is 0.337 e. The van der Waals surface area contributed by atoms with Crippen molar-refractivity contribution in [3.63, 3.8) is 0 Å². The number of aromatic carboxylic acids is 1. The summed E-state index contributed by atoms with van der Waals surface area (Å²) in [6, 6.07) is 9.15. The van der Waals surface area contributed by atoms with Gasteiger partial charge in [-0.1, -0.05) is 29.3 Å². The highest BCUT2D eigenvalue weighted by atomic mass is 35.5. The summed E-state index contributed by atoms with van der Waals surface area (Å²) in [5, 5.41) is 9.62. The molecule has 6 heteroatoms. The number of carboxylic acid groups (broad SMARTS) is 1. The second-order valence-electron chi connectivity index (χ2n) is 4.19. The quantitative estimate of drug-likeness (QED) is 0.861. The molecule has 2 rings (SSSR count). The lowest BCUT2D eigenvalue weighted by Gasteiger charge is -2.09. The number of hydrogen-bond donors (Lipinski definition) is 1. The van der Waals surface area contributed by atoms with Gasteiger partial charge >= 0.3 is 11.9 Å². The van der Waals surface area contributed by atoms with Gasteiger partial charge in [0, 0.05) is 10.6 Å². The summed E-state index contributed by atoms with van der Waals surface area (Å²) in [4.78, 5) is 22.7. The molecule has 0 bridgehead atoms. The van der Waals surface area contributed by atoms with Crippen LogP contribution in [0.1, 0.15) is 20.7 Å². The SMILES string of the molecule is COC(=O)c1ccc(Cl)c(-c2ccc(Cl)c(C(=O)O)c2)c1. The molecule has 0 aliphatic heterocycles. The van der Waals surface area contributed by atoms with Crippen LogP contribution in [0.2, 0.25) is 10.0 Å². The number of carbonyl (C=O) groups is 2. The molecule has 0 saturated heterocycles. The lowest BCUT2D eigenvalue weighted by atomic mass is 10.0. The lowest BCUT2D eigenvalue weighted by Crippen LogP contribution is -2.01. The lowest BCUT2D eigenvalue weighted by molar-refractivity contribution is 0.0600. The average Bonchev–Trinajstić information content (AvgIpc) is 2.47. The van der Waals surface area contributed by atoms with Gasteiger partial charge in [0.25, 0.3) is 0 Å². The second kappa shape index (κ2) is 6.16. The average molecular weight is 325 g/mol. The van der Waals surface area contributed by atoms with Crippen molar-refractivity contribution < 1.29 is 19.4 Å². The number of benzene rings is 2. The molecule has 0 amide bonds. The maximum absolute atomic E-state index is 11.6. The molecule has 108 valence electrons. The van der Waals surface area contributed by atoms with E-state index in [2.05, 4.69) is 4.74 Å². The summed E-state index contributed by atoms with van der Waals surface area (Å²) < 4.78 is 4.65. The first-order valence-corrected chi connectivity index (χ1v) is 6.60. The second-order valence-corrected chi connectivity index (χ2v) is 5.00. The van der Waals surface area contributed by atoms with Crippen LogP contribution in [0.3, 0.4) is 0 Å². The molecule has 4 nitrogen and oxygen atoms in total. The number of ether oxygens (including phenoxy) is 1. The van der Waals surface area contributed by atoms with Crippen LogP contribution in [0, 0.1) is 0 Å². The van der Waals surface area contributed by atoms with Crippen molar-refractivity contribution in [2.75, 3.05) is 7.11 Å². The fourth-order valence-corrected chi connectivity index (χ4v) is 2.27. The Bertz CT molecular complexity index is 726. The zero-order chi connectivity index (χ0) is 15.6. The predicted octanol–water partition coefficient (Wildman–Crippen LogP) is 4.15. The van der Waals surface area contributed by atoms with Crippen LogP contribution in [0.15, 0.2) is 36.4 Å².